The van der Waals surface area contributed by atoms with Crippen LogP contribution in [-0.4, -0.2) is 26.1 Å². The number of carbonyl (C=O) groups is 2. The molecule has 0 heterocycles. The summed E-state index contributed by atoms with van der Waals surface area (Å²) in [5.41, 5.74) is 0.527. The highest BCUT2D eigenvalue weighted by molar-refractivity contribution is 6.02. The molecule has 1 amide bonds. The highest BCUT2D eigenvalue weighted by Crippen LogP contribution is 2.22. The van der Waals surface area contributed by atoms with Crippen LogP contribution >= 0.6 is 0 Å². The molecule has 5 heteroatoms. The predicted molar refractivity (Wildman–Crippen MR) is 58.3 cm³/mol. The Bertz CT molecular complexity index is 389. The predicted octanol–water partition coefficient (Wildman–Crippen LogP) is 1.20. The number of anilines is 1. The lowest BCUT2D eigenvalue weighted by atomic mass is 10.3. The Labute approximate surface area is 93.4 Å². The van der Waals surface area contributed by atoms with E-state index in [4.69, 9.17) is 4.74 Å². The number of nitrogens with one attached hydrogen (secondary N) is 1. The molecule has 86 valence electrons. The van der Waals surface area contributed by atoms with Crippen LogP contribution in [0, 0.1) is 0 Å². The number of hydrogen-bond donors (Lipinski definition) is 1. The Morgan fingerprint density at radius 1 is 1.25 bits per heavy atom. The van der Waals surface area contributed by atoms with Gasteiger partial charge >= 0.3 is 5.97 Å². The minimum Gasteiger partial charge on any atom is -0.495 e. The highest BCUT2D eigenvalue weighted by atomic mass is 16.5. The van der Waals surface area contributed by atoms with Gasteiger partial charge < -0.3 is 14.8 Å². The summed E-state index contributed by atoms with van der Waals surface area (Å²) in [4.78, 5) is 22.2. The number of amides is 1. The molecule has 5 nitrogen and oxygen atoms in total. The van der Waals surface area contributed by atoms with Crippen molar-refractivity contribution in [3.05, 3.63) is 24.3 Å². The minimum atomic E-state index is -0.576. The van der Waals surface area contributed by atoms with Gasteiger partial charge in [0.05, 0.1) is 19.9 Å². The first-order valence-electron chi connectivity index (χ1n) is 4.67. The lowest BCUT2D eigenvalue weighted by molar-refractivity contribution is -0.142. The Morgan fingerprint density at radius 2 is 1.94 bits per heavy atom. The maximum Gasteiger partial charge on any atom is 0.315 e. The van der Waals surface area contributed by atoms with E-state index in [0.717, 1.165) is 0 Å². The molecule has 0 fully saturated rings. The number of carbonyl (C=O) groups excluding carboxylic acids is 2. The van der Waals surface area contributed by atoms with Crippen LogP contribution in [0.1, 0.15) is 6.42 Å². The van der Waals surface area contributed by atoms with Crippen molar-refractivity contribution in [1.82, 2.24) is 0 Å². The molecular formula is C11H13NO4. The fraction of sp³-hybridized carbons (Fsp3) is 0.273. The van der Waals surface area contributed by atoms with Gasteiger partial charge in [-0.1, -0.05) is 12.1 Å². The van der Waals surface area contributed by atoms with E-state index < -0.39 is 11.9 Å². The van der Waals surface area contributed by atoms with Gasteiger partial charge in [-0.15, -0.1) is 0 Å². The maximum atomic E-state index is 11.4. The minimum absolute atomic E-state index is 0.311. The monoisotopic (exact) mass is 223 g/mol. The van der Waals surface area contributed by atoms with Crippen molar-refractivity contribution < 1.29 is 19.1 Å². The molecular weight excluding hydrogens is 210 g/mol. The molecule has 0 aromatic heterocycles. The zero-order valence-electron chi connectivity index (χ0n) is 9.15. The first-order valence-corrected chi connectivity index (χ1v) is 4.67. The van der Waals surface area contributed by atoms with Crippen molar-refractivity contribution in [1.29, 1.82) is 0 Å². The Hall–Kier alpha value is -2.04. The van der Waals surface area contributed by atoms with E-state index in [1.165, 1.54) is 14.2 Å². The molecule has 0 unspecified atom stereocenters. The summed E-state index contributed by atoms with van der Waals surface area (Å²) in [5.74, 6) is -0.468. The fourth-order valence-corrected chi connectivity index (χ4v) is 1.15. The van der Waals surface area contributed by atoms with Crippen molar-refractivity contribution in [2.45, 2.75) is 6.42 Å². The van der Waals surface area contributed by atoms with E-state index in [0.29, 0.717) is 11.4 Å². The van der Waals surface area contributed by atoms with E-state index in [2.05, 4.69) is 10.1 Å². The molecule has 0 aliphatic heterocycles. The zero-order valence-corrected chi connectivity index (χ0v) is 9.15. The van der Waals surface area contributed by atoms with Gasteiger partial charge in [0.25, 0.3) is 0 Å². The van der Waals surface area contributed by atoms with Crippen molar-refractivity contribution in [2.75, 3.05) is 19.5 Å². The number of ether oxygens (including phenoxy) is 2. The molecule has 0 saturated heterocycles. The molecule has 1 aromatic rings. The molecule has 0 aliphatic carbocycles. The average molecular weight is 223 g/mol. The lowest BCUT2D eigenvalue weighted by Gasteiger charge is -2.08. The first kappa shape index (κ1) is 12.0. The van der Waals surface area contributed by atoms with E-state index >= 15 is 0 Å². The average Bonchev–Trinajstić information content (AvgIpc) is 2.29. The van der Waals surface area contributed by atoms with Gasteiger partial charge in [-0.25, -0.2) is 0 Å². The van der Waals surface area contributed by atoms with Gasteiger partial charge in [-0.2, -0.15) is 0 Å². The number of hydrogen-bond acceptors (Lipinski definition) is 4. The Kier molecular flexibility index (Phi) is 4.32. The van der Waals surface area contributed by atoms with Crippen LogP contribution in [-0.2, 0) is 14.3 Å². The summed E-state index contributed by atoms with van der Waals surface area (Å²) in [6.07, 6.45) is -0.311. The highest BCUT2D eigenvalue weighted by Gasteiger charge is 2.11. The smallest absolute Gasteiger partial charge is 0.315 e. The third-order valence-corrected chi connectivity index (χ3v) is 1.91. The molecule has 0 saturated carbocycles. The van der Waals surface area contributed by atoms with E-state index in [1.807, 2.05) is 0 Å². The molecule has 0 atom stereocenters. The van der Waals surface area contributed by atoms with Crippen LogP contribution in [0.2, 0.25) is 0 Å². The third kappa shape index (κ3) is 3.27. The summed E-state index contributed by atoms with van der Waals surface area (Å²) in [6, 6.07) is 6.95. The second-order valence-corrected chi connectivity index (χ2v) is 3.00. The van der Waals surface area contributed by atoms with Gasteiger partial charge in [0, 0.05) is 0 Å². The van der Waals surface area contributed by atoms with Crippen LogP contribution in [0.5, 0.6) is 5.75 Å². The standard InChI is InChI=1S/C11H13NO4/c1-15-9-6-4-3-5-8(9)12-10(13)7-11(14)16-2/h3-6H,7H2,1-2H3,(H,12,13). The van der Waals surface area contributed by atoms with Crippen molar-refractivity contribution in [3.63, 3.8) is 0 Å². The van der Waals surface area contributed by atoms with Gasteiger partial charge in [0.2, 0.25) is 5.91 Å². The van der Waals surface area contributed by atoms with Crippen molar-refractivity contribution >= 4 is 17.6 Å². The maximum absolute atomic E-state index is 11.4. The summed E-state index contributed by atoms with van der Waals surface area (Å²) in [7, 11) is 2.74. The molecule has 0 bridgehead atoms. The van der Waals surface area contributed by atoms with Crippen LogP contribution in [0.4, 0.5) is 5.69 Å². The summed E-state index contributed by atoms with van der Waals surface area (Å²) >= 11 is 0. The largest absolute Gasteiger partial charge is 0.495 e. The number of benzene rings is 1. The lowest BCUT2D eigenvalue weighted by Crippen LogP contribution is -2.17. The second kappa shape index (κ2) is 5.75. The molecule has 1 rings (SSSR count). The van der Waals surface area contributed by atoms with Crippen molar-refractivity contribution in [2.24, 2.45) is 0 Å². The molecule has 0 aliphatic rings. The van der Waals surface area contributed by atoms with Gasteiger partial charge in [0.15, 0.2) is 0 Å². The molecule has 16 heavy (non-hydrogen) atoms. The topological polar surface area (TPSA) is 64.6 Å². The van der Waals surface area contributed by atoms with Gasteiger partial charge in [0.1, 0.15) is 12.2 Å². The van der Waals surface area contributed by atoms with Gasteiger partial charge in [-0.05, 0) is 12.1 Å². The van der Waals surface area contributed by atoms with E-state index in [9.17, 15) is 9.59 Å². The van der Waals surface area contributed by atoms with Crippen LogP contribution < -0.4 is 10.1 Å². The van der Waals surface area contributed by atoms with Crippen LogP contribution in [0.25, 0.3) is 0 Å². The van der Waals surface area contributed by atoms with E-state index in [1.54, 1.807) is 24.3 Å². The summed E-state index contributed by atoms with van der Waals surface area (Å²) in [6.45, 7) is 0. The SMILES string of the molecule is COC(=O)CC(=O)Nc1ccccc1OC. The number of methoxy groups -OCH3 is 2. The molecule has 1 aromatic carbocycles. The Morgan fingerprint density at radius 3 is 2.56 bits per heavy atom. The van der Waals surface area contributed by atoms with Gasteiger partial charge in [-0.3, -0.25) is 9.59 Å². The van der Waals surface area contributed by atoms with Crippen molar-refractivity contribution in [3.8, 4) is 5.75 Å². The summed E-state index contributed by atoms with van der Waals surface area (Å²) in [5, 5.41) is 2.56. The third-order valence-electron chi connectivity index (χ3n) is 1.91. The number of rotatable bonds is 4. The molecule has 0 spiro atoms. The van der Waals surface area contributed by atoms with Crippen LogP contribution in [0.3, 0.4) is 0 Å². The fourth-order valence-electron chi connectivity index (χ4n) is 1.15. The Balaban J connectivity index is 2.65. The second-order valence-electron chi connectivity index (χ2n) is 3.00. The zero-order chi connectivity index (χ0) is 12.0. The first-order chi connectivity index (χ1) is 7.67. The normalized spacial score (nSPS) is 9.38. The number of esters is 1. The molecule has 0 radical (unpaired) electrons. The number of para-hydroxylation sites is 2. The van der Waals surface area contributed by atoms with Crippen LogP contribution in [0.15, 0.2) is 24.3 Å². The molecule has 1 N–H and O–H groups in total. The van der Waals surface area contributed by atoms with E-state index in [-0.39, 0.29) is 6.42 Å². The summed E-state index contributed by atoms with van der Waals surface area (Å²) < 4.78 is 9.43. The quantitative estimate of drug-likeness (QED) is 0.615.